The van der Waals surface area contributed by atoms with Crippen molar-refractivity contribution in [2.24, 2.45) is 0 Å². The molecule has 100 valence electrons. The molecule has 18 heavy (non-hydrogen) atoms. The third kappa shape index (κ3) is 5.01. The van der Waals surface area contributed by atoms with E-state index in [0.29, 0.717) is 12.2 Å². The summed E-state index contributed by atoms with van der Waals surface area (Å²) in [6.07, 6.45) is 2.43. The first kappa shape index (κ1) is 14.2. The third-order valence-electron chi connectivity index (χ3n) is 2.42. The molecule has 1 aromatic rings. The van der Waals surface area contributed by atoms with Crippen LogP contribution in [0.1, 0.15) is 18.6 Å². The molecule has 0 saturated heterocycles. The van der Waals surface area contributed by atoms with Crippen LogP contribution in [-0.2, 0) is 20.7 Å². The number of aliphatic carboxylic acids is 1. The molecule has 0 aliphatic carbocycles. The third-order valence-corrected chi connectivity index (χ3v) is 2.42. The van der Waals surface area contributed by atoms with E-state index in [1.807, 2.05) is 0 Å². The summed E-state index contributed by atoms with van der Waals surface area (Å²) in [4.78, 5) is 22.4. The number of nitrogens with one attached hydrogen (secondary N) is 1. The first-order chi connectivity index (χ1) is 8.63. The Morgan fingerprint density at radius 1 is 1.56 bits per heavy atom. The average molecular weight is 255 g/mol. The highest BCUT2D eigenvalue weighted by molar-refractivity contribution is 5.83. The van der Waals surface area contributed by atoms with E-state index in [0.717, 1.165) is 0 Å². The lowest BCUT2D eigenvalue weighted by molar-refractivity contribution is -0.142. The van der Waals surface area contributed by atoms with Crippen LogP contribution in [0, 0.1) is 0 Å². The number of carbonyl (C=O) groups is 2. The molecule has 0 aliphatic heterocycles. The standard InChI is InChI=1S/C12H17NO5/c1-17-8-6-10(12(15)16)13-11(14)5-4-9-3-2-7-18-9/h2-3,7,10H,4-6,8H2,1H3,(H,13,14)(H,15,16). The molecule has 0 bridgehead atoms. The fourth-order valence-electron chi connectivity index (χ4n) is 1.45. The van der Waals surface area contributed by atoms with E-state index in [1.54, 1.807) is 12.1 Å². The van der Waals surface area contributed by atoms with Crippen LogP contribution < -0.4 is 5.32 Å². The lowest BCUT2D eigenvalue weighted by Gasteiger charge is -2.13. The molecule has 6 nitrogen and oxygen atoms in total. The molecule has 1 amide bonds. The van der Waals surface area contributed by atoms with Crippen LogP contribution in [0.25, 0.3) is 0 Å². The number of hydrogen-bond donors (Lipinski definition) is 2. The van der Waals surface area contributed by atoms with Gasteiger partial charge in [-0.25, -0.2) is 4.79 Å². The van der Waals surface area contributed by atoms with E-state index in [2.05, 4.69) is 5.32 Å². The van der Waals surface area contributed by atoms with E-state index >= 15 is 0 Å². The Kier molecular flexibility index (Phi) is 5.93. The molecule has 0 spiro atoms. The number of furan rings is 1. The SMILES string of the molecule is COCCC(NC(=O)CCc1ccco1)C(=O)O. The summed E-state index contributed by atoms with van der Waals surface area (Å²) in [5.41, 5.74) is 0. The number of ether oxygens (including phenoxy) is 1. The van der Waals surface area contributed by atoms with Crippen LogP contribution >= 0.6 is 0 Å². The van der Waals surface area contributed by atoms with Crippen molar-refractivity contribution >= 4 is 11.9 Å². The topological polar surface area (TPSA) is 88.8 Å². The van der Waals surface area contributed by atoms with Crippen molar-refractivity contribution in [3.05, 3.63) is 24.2 Å². The van der Waals surface area contributed by atoms with Gasteiger partial charge >= 0.3 is 5.97 Å². The van der Waals surface area contributed by atoms with E-state index in [4.69, 9.17) is 14.3 Å². The zero-order valence-corrected chi connectivity index (χ0v) is 10.2. The molecule has 6 heteroatoms. The second-order valence-corrected chi connectivity index (χ2v) is 3.82. The summed E-state index contributed by atoms with van der Waals surface area (Å²) in [6.45, 7) is 0.287. The van der Waals surface area contributed by atoms with Gasteiger partial charge in [0, 0.05) is 33.0 Å². The number of carboxylic acid groups (broad SMARTS) is 1. The van der Waals surface area contributed by atoms with Crippen LogP contribution in [0.15, 0.2) is 22.8 Å². The maximum Gasteiger partial charge on any atom is 0.326 e. The maximum absolute atomic E-state index is 11.6. The Balaban J connectivity index is 2.34. The second-order valence-electron chi connectivity index (χ2n) is 3.82. The highest BCUT2D eigenvalue weighted by atomic mass is 16.5. The predicted molar refractivity (Wildman–Crippen MR) is 63.1 cm³/mol. The lowest BCUT2D eigenvalue weighted by atomic mass is 10.2. The molecule has 2 N–H and O–H groups in total. The van der Waals surface area contributed by atoms with Gasteiger partial charge in [0.15, 0.2) is 0 Å². The second kappa shape index (κ2) is 7.50. The predicted octanol–water partition coefficient (Wildman–Crippen LogP) is 0.818. The summed E-state index contributed by atoms with van der Waals surface area (Å²) >= 11 is 0. The van der Waals surface area contributed by atoms with Gasteiger partial charge in [0.05, 0.1) is 6.26 Å². The minimum atomic E-state index is -1.06. The van der Waals surface area contributed by atoms with Crippen molar-refractivity contribution in [3.8, 4) is 0 Å². The largest absolute Gasteiger partial charge is 0.480 e. The van der Waals surface area contributed by atoms with Crippen molar-refractivity contribution in [3.63, 3.8) is 0 Å². The summed E-state index contributed by atoms with van der Waals surface area (Å²) in [5.74, 6) is -0.665. The van der Waals surface area contributed by atoms with Crippen molar-refractivity contribution in [1.82, 2.24) is 5.32 Å². The summed E-state index contributed by atoms with van der Waals surface area (Å²) < 4.78 is 9.88. The number of methoxy groups -OCH3 is 1. The van der Waals surface area contributed by atoms with Crippen molar-refractivity contribution in [2.45, 2.75) is 25.3 Å². The maximum atomic E-state index is 11.6. The van der Waals surface area contributed by atoms with Gasteiger partial charge < -0.3 is 19.6 Å². The van der Waals surface area contributed by atoms with Crippen LogP contribution in [0.5, 0.6) is 0 Å². The van der Waals surface area contributed by atoms with Crippen LogP contribution in [0.4, 0.5) is 0 Å². The van der Waals surface area contributed by atoms with Crippen molar-refractivity contribution < 1.29 is 23.8 Å². The molecule has 0 radical (unpaired) electrons. The van der Waals surface area contributed by atoms with E-state index in [9.17, 15) is 9.59 Å². The lowest BCUT2D eigenvalue weighted by Crippen LogP contribution is -2.41. The number of rotatable bonds is 8. The molecule has 0 fully saturated rings. The molecule has 0 saturated carbocycles. The Hall–Kier alpha value is -1.82. The molecule has 0 aliphatic rings. The molecule has 1 heterocycles. The van der Waals surface area contributed by atoms with Gasteiger partial charge in [-0.05, 0) is 12.1 Å². The highest BCUT2D eigenvalue weighted by Gasteiger charge is 2.19. The van der Waals surface area contributed by atoms with Gasteiger partial charge in [0.1, 0.15) is 11.8 Å². The molecule has 1 atom stereocenters. The molecule has 1 unspecified atom stereocenters. The Morgan fingerprint density at radius 3 is 2.89 bits per heavy atom. The van der Waals surface area contributed by atoms with Gasteiger partial charge in [-0.15, -0.1) is 0 Å². The van der Waals surface area contributed by atoms with Crippen LogP contribution in [0.3, 0.4) is 0 Å². The van der Waals surface area contributed by atoms with Gasteiger partial charge in [-0.1, -0.05) is 0 Å². The molecule has 1 rings (SSSR count). The number of amides is 1. The summed E-state index contributed by atoms with van der Waals surface area (Å²) in [5, 5.41) is 11.4. The Bertz CT molecular complexity index is 374. The minimum absolute atomic E-state index is 0.199. The van der Waals surface area contributed by atoms with Crippen molar-refractivity contribution in [1.29, 1.82) is 0 Å². The Morgan fingerprint density at radius 2 is 2.33 bits per heavy atom. The number of carboxylic acids is 1. The highest BCUT2D eigenvalue weighted by Crippen LogP contribution is 2.04. The van der Waals surface area contributed by atoms with Gasteiger partial charge in [0.2, 0.25) is 5.91 Å². The first-order valence-electron chi connectivity index (χ1n) is 5.67. The van der Waals surface area contributed by atoms with E-state index in [1.165, 1.54) is 13.4 Å². The smallest absolute Gasteiger partial charge is 0.326 e. The van der Waals surface area contributed by atoms with E-state index < -0.39 is 12.0 Å². The average Bonchev–Trinajstić information content (AvgIpc) is 2.84. The summed E-state index contributed by atoms with van der Waals surface area (Å²) in [6, 6.07) is 2.60. The van der Waals surface area contributed by atoms with Crippen LogP contribution in [0.2, 0.25) is 0 Å². The fraction of sp³-hybridized carbons (Fsp3) is 0.500. The quantitative estimate of drug-likeness (QED) is 0.717. The number of carbonyl (C=O) groups excluding carboxylic acids is 1. The van der Waals surface area contributed by atoms with Crippen molar-refractivity contribution in [2.75, 3.05) is 13.7 Å². The minimum Gasteiger partial charge on any atom is -0.480 e. The Labute approximate surface area is 105 Å². The van der Waals surface area contributed by atoms with Gasteiger partial charge in [0.25, 0.3) is 0 Å². The van der Waals surface area contributed by atoms with Gasteiger partial charge in [-0.3, -0.25) is 4.79 Å². The van der Waals surface area contributed by atoms with Gasteiger partial charge in [-0.2, -0.15) is 0 Å². The molecular weight excluding hydrogens is 238 g/mol. The first-order valence-corrected chi connectivity index (χ1v) is 5.67. The zero-order valence-electron chi connectivity index (χ0n) is 10.2. The molecular formula is C12H17NO5. The normalized spacial score (nSPS) is 12.1. The number of hydrogen-bond acceptors (Lipinski definition) is 4. The fourth-order valence-corrected chi connectivity index (χ4v) is 1.45. The monoisotopic (exact) mass is 255 g/mol. The van der Waals surface area contributed by atoms with E-state index in [-0.39, 0.29) is 25.4 Å². The molecule has 0 aromatic carbocycles. The zero-order chi connectivity index (χ0) is 13.4. The summed E-state index contributed by atoms with van der Waals surface area (Å²) in [7, 11) is 1.48. The number of aryl methyl sites for hydroxylation is 1. The van der Waals surface area contributed by atoms with Crippen LogP contribution in [-0.4, -0.2) is 36.7 Å². The molecule has 1 aromatic heterocycles.